The maximum atomic E-state index is 14.8. The molecule has 4 N–H and O–H groups in total. The van der Waals surface area contributed by atoms with Gasteiger partial charge in [-0.2, -0.15) is 5.10 Å². The first-order valence-corrected chi connectivity index (χ1v) is 14.8. The third-order valence-corrected chi connectivity index (χ3v) is 8.64. The molecule has 45 heavy (non-hydrogen) atoms. The fourth-order valence-electron chi connectivity index (χ4n) is 5.93. The van der Waals surface area contributed by atoms with Gasteiger partial charge in [0.25, 0.3) is 11.8 Å². The number of rotatable bonds is 6. The van der Waals surface area contributed by atoms with Gasteiger partial charge in [0.15, 0.2) is 5.82 Å². The number of aromatic carboxylic acids is 1. The molecule has 13 heteroatoms. The van der Waals surface area contributed by atoms with Crippen LogP contribution in [-0.2, 0) is 11.2 Å². The van der Waals surface area contributed by atoms with Crippen molar-refractivity contribution in [2.24, 2.45) is 0 Å². The molecule has 1 unspecified atom stereocenters. The van der Waals surface area contributed by atoms with Crippen molar-refractivity contribution in [1.29, 1.82) is 0 Å². The molecule has 1 aromatic heterocycles. The number of carboxylic acids is 1. The van der Waals surface area contributed by atoms with Gasteiger partial charge in [0.2, 0.25) is 0 Å². The summed E-state index contributed by atoms with van der Waals surface area (Å²) in [5.41, 5.74) is 9.50. The number of nitrogens with two attached hydrogens (primary N) is 1. The predicted molar refractivity (Wildman–Crippen MR) is 169 cm³/mol. The van der Waals surface area contributed by atoms with Crippen LogP contribution in [0.5, 0.6) is 0 Å². The van der Waals surface area contributed by atoms with Crippen molar-refractivity contribution in [2.75, 3.05) is 55.7 Å². The van der Waals surface area contributed by atoms with Gasteiger partial charge < -0.3 is 30.9 Å². The third kappa shape index (κ3) is 5.69. The Morgan fingerprint density at radius 3 is 2.38 bits per heavy atom. The molecular formula is C32H31ClFN7O4. The average molecular weight is 632 g/mol. The number of carbonyl (C=O) groups is 3. The number of amides is 2. The van der Waals surface area contributed by atoms with Crippen LogP contribution in [0.4, 0.5) is 21.6 Å². The number of nitrogen functional groups attached to an aromatic ring is 1. The molecule has 0 bridgehead atoms. The Bertz CT molecular complexity index is 1790. The van der Waals surface area contributed by atoms with Crippen LogP contribution in [0.2, 0.25) is 5.02 Å². The Morgan fingerprint density at radius 1 is 0.978 bits per heavy atom. The van der Waals surface area contributed by atoms with E-state index in [1.807, 2.05) is 18.2 Å². The molecule has 0 spiro atoms. The monoisotopic (exact) mass is 631 g/mol. The van der Waals surface area contributed by atoms with Crippen LogP contribution in [0.15, 0.2) is 66.9 Å². The second kappa shape index (κ2) is 12.2. The second-order valence-corrected chi connectivity index (χ2v) is 11.5. The van der Waals surface area contributed by atoms with Crippen LogP contribution in [0.3, 0.4) is 0 Å². The van der Waals surface area contributed by atoms with E-state index in [1.165, 1.54) is 47.5 Å². The number of carboxylic acid groups (broad SMARTS) is 1. The normalized spacial score (nSPS) is 16.7. The number of carbonyl (C=O) groups excluding carboxylic acids is 2. The standard InChI is InChI=1S/C32H31ClFN7O4/c1-38-14-16-39(17-15-38)25-6-2-4-22-21(25)12-13-40(28(22)30(42)37-20-10-8-19(9-11-20)32(44)45)31(43)23-18-36-41(29(23)35)26-7-3-5-24(33)27(26)34/h2-11,18,28H,12-17,35H2,1H3,(H,37,42)(H,44,45). The van der Waals surface area contributed by atoms with Crippen LogP contribution in [0.25, 0.3) is 5.69 Å². The summed E-state index contributed by atoms with van der Waals surface area (Å²) in [5.74, 6) is -2.94. The maximum absolute atomic E-state index is 14.8. The van der Waals surface area contributed by atoms with Crippen LogP contribution in [0.1, 0.15) is 37.9 Å². The van der Waals surface area contributed by atoms with Gasteiger partial charge in [-0.15, -0.1) is 0 Å². The van der Waals surface area contributed by atoms with E-state index in [0.29, 0.717) is 17.7 Å². The van der Waals surface area contributed by atoms with E-state index in [-0.39, 0.29) is 34.2 Å². The molecule has 11 nitrogen and oxygen atoms in total. The molecule has 232 valence electrons. The summed E-state index contributed by atoms with van der Waals surface area (Å²) >= 11 is 5.96. The fraction of sp³-hybridized carbons (Fsp3) is 0.250. The molecule has 0 saturated carbocycles. The largest absolute Gasteiger partial charge is 0.478 e. The summed E-state index contributed by atoms with van der Waals surface area (Å²) in [4.78, 5) is 45.5. The van der Waals surface area contributed by atoms with Crippen molar-refractivity contribution in [3.63, 3.8) is 0 Å². The Balaban J connectivity index is 1.38. The van der Waals surface area contributed by atoms with E-state index in [1.54, 1.807) is 6.07 Å². The lowest BCUT2D eigenvalue weighted by atomic mass is 9.89. The van der Waals surface area contributed by atoms with Crippen LogP contribution >= 0.6 is 11.6 Å². The molecular weight excluding hydrogens is 601 g/mol. The van der Waals surface area contributed by atoms with Crippen molar-refractivity contribution >= 4 is 46.6 Å². The molecule has 0 aliphatic carbocycles. The van der Waals surface area contributed by atoms with Crippen LogP contribution < -0.4 is 16.0 Å². The number of hydrogen-bond donors (Lipinski definition) is 3. The van der Waals surface area contributed by atoms with E-state index >= 15 is 0 Å². The molecule has 2 aliphatic heterocycles. The minimum absolute atomic E-state index is 0.0108. The SMILES string of the molecule is CN1CCN(c2cccc3c2CCN(C(=O)c2cnn(-c4cccc(Cl)c4F)c2N)C3C(=O)Nc2ccc(C(=O)O)cc2)CC1. The first-order valence-electron chi connectivity index (χ1n) is 14.4. The van der Waals surface area contributed by atoms with E-state index < -0.39 is 29.6 Å². The molecule has 1 saturated heterocycles. The molecule has 3 heterocycles. The summed E-state index contributed by atoms with van der Waals surface area (Å²) < 4.78 is 15.9. The van der Waals surface area contributed by atoms with Crippen molar-refractivity contribution in [3.8, 4) is 5.69 Å². The lowest BCUT2D eigenvalue weighted by Gasteiger charge is -2.40. The van der Waals surface area contributed by atoms with Crippen LogP contribution in [-0.4, -0.2) is 82.2 Å². The number of benzene rings is 3. The average Bonchev–Trinajstić information content (AvgIpc) is 3.42. The van der Waals surface area contributed by atoms with Gasteiger partial charge in [-0.25, -0.2) is 13.9 Å². The number of anilines is 3. The quantitative estimate of drug-likeness (QED) is 0.290. The zero-order valence-electron chi connectivity index (χ0n) is 24.4. The summed E-state index contributed by atoms with van der Waals surface area (Å²) in [6.07, 6.45) is 1.76. The molecule has 2 amide bonds. The Kier molecular flexibility index (Phi) is 8.17. The van der Waals surface area contributed by atoms with Crippen molar-refractivity contribution in [3.05, 3.63) is 100.0 Å². The molecule has 4 aromatic rings. The molecule has 2 aliphatic rings. The van der Waals surface area contributed by atoms with Gasteiger partial charge in [0.05, 0.1) is 16.8 Å². The van der Waals surface area contributed by atoms with Gasteiger partial charge in [-0.1, -0.05) is 29.8 Å². The highest BCUT2D eigenvalue weighted by Crippen LogP contribution is 2.38. The first-order chi connectivity index (χ1) is 21.6. The molecule has 0 radical (unpaired) electrons. The topological polar surface area (TPSA) is 137 Å². The van der Waals surface area contributed by atoms with Crippen molar-refractivity contribution in [1.82, 2.24) is 19.6 Å². The number of piperazine rings is 1. The zero-order valence-corrected chi connectivity index (χ0v) is 25.2. The van der Waals surface area contributed by atoms with E-state index in [2.05, 4.69) is 27.3 Å². The third-order valence-electron chi connectivity index (χ3n) is 8.35. The number of nitrogens with zero attached hydrogens (tertiary/aromatic N) is 5. The number of nitrogens with one attached hydrogen (secondary N) is 1. The van der Waals surface area contributed by atoms with Gasteiger partial charge in [0, 0.05) is 44.1 Å². The summed E-state index contributed by atoms with van der Waals surface area (Å²) in [6.45, 7) is 3.68. The lowest BCUT2D eigenvalue weighted by molar-refractivity contribution is -0.121. The highest BCUT2D eigenvalue weighted by atomic mass is 35.5. The predicted octanol–water partition coefficient (Wildman–Crippen LogP) is 4.08. The molecule has 3 aromatic carbocycles. The second-order valence-electron chi connectivity index (χ2n) is 11.1. The number of aromatic nitrogens is 2. The lowest BCUT2D eigenvalue weighted by Crippen LogP contribution is -2.47. The minimum Gasteiger partial charge on any atom is -0.478 e. The Morgan fingerprint density at radius 2 is 1.67 bits per heavy atom. The van der Waals surface area contributed by atoms with E-state index in [0.717, 1.165) is 42.1 Å². The number of likely N-dealkylation sites (N-methyl/N-ethyl adjacent to an activating group) is 1. The van der Waals surface area contributed by atoms with Gasteiger partial charge >= 0.3 is 5.97 Å². The number of hydrogen-bond acceptors (Lipinski definition) is 7. The Hall–Kier alpha value is -4.94. The van der Waals surface area contributed by atoms with Crippen molar-refractivity contribution < 1.29 is 23.9 Å². The first kappa shape index (κ1) is 30.1. The molecule has 1 fully saturated rings. The molecule has 6 rings (SSSR count). The molecule has 1 atom stereocenters. The fourth-order valence-corrected chi connectivity index (χ4v) is 6.10. The van der Waals surface area contributed by atoms with Gasteiger partial charge in [0.1, 0.15) is 23.1 Å². The highest BCUT2D eigenvalue weighted by molar-refractivity contribution is 6.30. The Labute approximate surface area is 263 Å². The summed E-state index contributed by atoms with van der Waals surface area (Å²) in [5, 5.41) is 16.2. The highest BCUT2D eigenvalue weighted by Gasteiger charge is 2.39. The van der Waals surface area contributed by atoms with Crippen molar-refractivity contribution in [2.45, 2.75) is 12.5 Å². The van der Waals surface area contributed by atoms with Gasteiger partial charge in [-0.3, -0.25) is 9.59 Å². The minimum atomic E-state index is -1.09. The zero-order chi connectivity index (χ0) is 31.8. The summed E-state index contributed by atoms with van der Waals surface area (Å²) in [7, 11) is 2.08. The van der Waals surface area contributed by atoms with E-state index in [4.69, 9.17) is 17.3 Å². The summed E-state index contributed by atoms with van der Waals surface area (Å²) in [6, 6.07) is 14.9. The number of fused-ring (bicyclic) bond motifs is 1. The van der Waals surface area contributed by atoms with E-state index in [9.17, 15) is 23.9 Å². The maximum Gasteiger partial charge on any atom is 0.335 e. The number of halogens is 2. The van der Waals surface area contributed by atoms with Gasteiger partial charge in [-0.05, 0) is 67.1 Å². The smallest absolute Gasteiger partial charge is 0.335 e. The van der Waals surface area contributed by atoms with Crippen LogP contribution in [0, 0.1) is 5.82 Å².